The first-order chi connectivity index (χ1) is 11.4. The molecule has 0 bridgehead atoms. The van der Waals surface area contributed by atoms with Gasteiger partial charge in [-0.1, -0.05) is 25.7 Å². The molecule has 1 atom stereocenters. The average Bonchev–Trinajstić information content (AvgIpc) is 2.58. The fraction of sp³-hybridized carbons (Fsp3) is 0.375. The zero-order chi connectivity index (χ0) is 18.3. The Morgan fingerprint density at radius 1 is 1.00 bits per heavy atom. The summed E-state index contributed by atoms with van der Waals surface area (Å²) in [6.07, 6.45) is 3.44. The second kappa shape index (κ2) is 8.66. The Morgan fingerprint density at radius 2 is 1.46 bits per heavy atom. The van der Waals surface area contributed by atoms with Crippen molar-refractivity contribution < 1.29 is 9.53 Å². The molecule has 1 aromatic heterocycles. The zero-order valence-electron chi connectivity index (χ0n) is 13.6. The molecule has 1 aromatic rings. The standard InChI is InChI=1S/C16H21N3O5/c1-5-9-17-14(21)18(10-6-2)16(23)19(15(17)22)11-12(7-3)24-13(20)8-4/h5-6,8,12H,1-2,4,7,9-11H2,3H3. The molecule has 24 heavy (non-hydrogen) atoms. The van der Waals surface area contributed by atoms with Crippen LogP contribution in [0.1, 0.15) is 13.3 Å². The van der Waals surface area contributed by atoms with Crippen molar-refractivity contribution in [2.24, 2.45) is 0 Å². The summed E-state index contributed by atoms with van der Waals surface area (Å²) in [5.74, 6) is -0.652. The van der Waals surface area contributed by atoms with Crippen LogP contribution in [0.25, 0.3) is 0 Å². The Bertz CT molecular complexity index is 764. The quantitative estimate of drug-likeness (QED) is 0.361. The molecular formula is C16H21N3O5. The third kappa shape index (κ3) is 4.09. The van der Waals surface area contributed by atoms with Gasteiger partial charge in [0.1, 0.15) is 6.10 Å². The van der Waals surface area contributed by atoms with Gasteiger partial charge in [0.25, 0.3) is 0 Å². The number of carbonyl (C=O) groups excluding carboxylic acids is 1. The summed E-state index contributed by atoms with van der Waals surface area (Å²) in [6, 6.07) is 0. The molecule has 1 unspecified atom stereocenters. The lowest BCUT2D eigenvalue weighted by Crippen LogP contribution is -2.55. The van der Waals surface area contributed by atoms with E-state index in [1.807, 2.05) is 0 Å². The normalized spacial score (nSPS) is 11.5. The molecule has 0 aliphatic rings. The third-order valence-electron chi connectivity index (χ3n) is 3.30. The monoisotopic (exact) mass is 335 g/mol. The molecule has 0 amide bonds. The van der Waals surface area contributed by atoms with Crippen LogP contribution in [-0.2, 0) is 29.2 Å². The van der Waals surface area contributed by atoms with Crippen LogP contribution in [0.3, 0.4) is 0 Å². The highest BCUT2D eigenvalue weighted by Crippen LogP contribution is 2.00. The third-order valence-corrected chi connectivity index (χ3v) is 3.30. The van der Waals surface area contributed by atoms with Crippen LogP contribution in [0.2, 0.25) is 0 Å². The van der Waals surface area contributed by atoms with E-state index >= 15 is 0 Å². The number of nitrogens with zero attached hydrogens (tertiary/aromatic N) is 3. The van der Waals surface area contributed by atoms with Crippen LogP contribution >= 0.6 is 0 Å². The van der Waals surface area contributed by atoms with E-state index < -0.39 is 29.1 Å². The first-order valence-corrected chi connectivity index (χ1v) is 7.40. The number of aromatic nitrogens is 3. The molecule has 0 aromatic carbocycles. The first kappa shape index (κ1) is 19.1. The molecule has 8 nitrogen and oxygen atoms in total. The Morgan fingerprint density at radius 3 is 1.83 bits per heavy atom. The van der Waals surface area contributed by atoms with Crippen LogP contribution in [0.5, 0.6) is 0 Å². The molecule has 0 aliphatic carbocycles. The predicted octanol–water partition coefficient (Wildman–Crippen LogP) is 0.0515. The van der Waals surface area contributed by atoms with Gasteiger partial charge in [-0.15, -0.1) is 13.2 Å². The van der Waals surface area contributed by atoms with Gasteiger partial charge < -0.3 is 4.74 Å². The van der Waals surface area contributed by atoms with E-state index in [1.165, 1.54) is 12.2 Å². The highest BCUT2D eigenvalue weighted by Gasteiger charge is 2.19. The van der Waals surface area contributed by atoms with Gasteiger partial charge in [0.05, 0.1) is 19.6 Å². The van der Waals surface area contributed by atoms with Crippen molar-refractivity contribution in [1.29, 1.82) is 0 Å². The van der Waals surface area contributed by atoms with Crippen molar-refractivity contribution in [2.45, 2.75) is 39.1 Å². The van der Waals surface area contributed by atoms with Crippen LogP contribution in [-0.4, -0.2) is 25.8 Å². The highest BCUT2D eigenvalue weighted by molar-refractivity contribution is 5.81. The van der Waals surface area contributed by atoms with E-state index in [0.29, 0.717) is 6.42 Å². The van der Waals surface area contributed by atoms with Gasteiger partial charge in [-0.2, -0.15) is 0 Å². The Hall–Kier alpha value is -2.90. The van der Waals surface area contributed by atoms with Crippen molar-refractivity contribution in [3.05, 3.63) is 69.4 Å². The molecule has 0 fully saturated rings. The summed E-state index contributed by atoms with van der Waals surface area (Å²) < 4.78 is 7.75. The predicted molar refractivity (Wildman–Crippen MR) is 90.0 cm³/mol. The van der Waals surface area contributed by atoms with Crippen molar-refractivity contribution in [3.8, 4) is 0 Å². The molecule has 130 valence electrons. The number of esters is 1. The molecule has 0 saturated heterocycles. The number of rotatable bonds is 9. The van der Waals surface area contributed by atoms with E-state index in [1.54, 1.807) is 6.92 Å². The Kier molecular flexibility index (Phi) is 6.91. The van der Waals surface area contributed by atoms with Gasteiger partial charge in [0.15, 0.2) is 0 Å². The van der Waals surface area contributed by atoms with E-state index in [2.05, 4.69) is 19.7 Å². The molecule has 0 saturated carbocycles. The summed E-state index contributed by atoms with van der Waals surface area (Å²) in [5.41, 5.74) is -2.30. The zero-order valence-corrected chi connectivity index (χ0v) is 13.6. The van der Waals surface area contributed by atoms with E-state index in [0.717, 1.165) is 19.8 Å². The molecule has 0 aliphatic heterocycles. The fourth-order valence-electron chi connectivity index (χ4n) is 2.08. The summed E-state index contributed by atoms with van der Waals surface area (Å²) in [6.45, 7) is 11.8. The van der Waals surface area contributed by atoms with E-state index in [4.69, 9.17) is 4.74 Å². The second-order valence-electron chi connectivity index (χ2n) is 4.93. The van der Waals surface area contributed by atoms with Crippen molar-refractivity contribution in [2.75, 3.05) is 0 Å². The van der Waals surface area contributed by atoms with Gasteiger partial charge in [-0.3, -0.25) is 0 Å². The highest BCUT2D eigenvalue weighted by atomic mass is 16.5. The summed E-state index contributed by atoms with van der Waals surface area (Å²) in [5, 5.41) is 0. The molecule has 8 heteroatoms. The van der Waals surface area contributed by atoms with Gasteiger partial charge in [-0.25, -0.2) is 32.9 Å². The van der Waals surface area contributed by atoms with Gasteiger partial charge >= 0.3 is 23.0 Å². The van der Waals surface area contributed by atoms with Crippen LogP contribution in [0.4, 0.5) is 0 Å². The second-order valence-corrected chi connectivity index (χ2v) is 4.93. The number of hydrogen-bond acceptors (Lipinski definition) is 5. The summed E-state index contributed by atoms with van der Waals surface area (Å²) in [4.78, 5) is 48.5. The summed E-state index contributed by atoms with van der Waals surface area (Å²) >= 11 is 0. The smallest absolute Gasteiger partial charge is 0.336 e. The average molecular weight is 335 g/mol. The number of hydrogen-bond donors (Lipinski definition) is 0. The van der Waals surface area contributed by atoms with Gasteiger partial charge in [0, 0.05) is 6.08 Å². The SMILES string of the molecule is C=CCn1c(=O)n(CC=C)c(=O)n(CC(CC)OC(=O)C=C)c1=O. The number of ether oxygens (including phenoxy) is 1. The van der Waals surface area contributed by atoms with E-state index in [9.17, 15) is 19.2 Å². The maximum absolute atomic E-state index is 12.4. The maximum Gasteiger partial charge on any atom is 0.336 e. The van der Waals surface area contributed by atoms with E-state index in [-0.39, 0.29) is 19.6 Å². The molecule has 0 spiro atoms. The van der Waals surface area contributed by atoms with Gasteiger partial charge in [-0.05, 0) is 6.42 Å². The van der Waals surface area contributed by atoms with Crippen LogP contribution < -0.4 is 17.1 Å². The summed E-state index contributed by atoms with van der Waals surface area (Å²) in [7, 11) is 0. The van der Waals surface area contributed by atoms with Crippen LogP contribution in [0, 0.1) is 0 Å². The molecule has 1 rings (SSSR count). The fourth-order valence-corrected chi connectivity index (χ4v) is 2.08. The minimum Gasteiger partial charge on any atom is -0.457 e. The lowest BCUT2D eigenvalue weighted by Gasteiger charge is -2.18. The molecule has 0 radical (unpaired) electrons. The van der Waals surface area contributed by atoms with Gasteiger partial charge in [0.2, 0.25) is 0 Å². The molecular weight excluding hydrogens is 314 g/mol. The molecule has 1 heterocycles. The van der Waals surface area contributed by atoms with Crippen molar-refractivity contribution in [3.63, 3.8) is 0 Å². The minimum atomic E-state index is -0.779. The molecule has 0 N–H and O–H groups in total. The Labute approximate surface area is 138 Å². The van der Waals surface area contributed by atoms with Crippen molar-refractivity contribution in [1.82, 2.24) is 13.7 Å². The maximum atomic E-state index is 12.4. The lowest BCUT2D eigenvalue weighted by atomic mass is 10.3. The van der Waals surface area contributed by atoms with Crippen molar-refractivity contribution >= 4 is 5.97 Å². The van der Waals surface area contributed by atoms with Crippen LogP contribution in [0.15, 0.2) is 52.3 Å². The lowest BCUT2D eigenvalue weighted by molar-refractivity contribution is -0.143. The Balaban J connectivity index is 3.48. The number of allylic oxidation sites excluding steroid dienone is 2. The first-order valence-electron chi connectivity index (χ1n) is 7.40. The largest absolute Gasteiger partial charge is 0.457 e. The minimum absolute atomic E-state index is 0.0433. The topological polar surface area (TPSA) is 92.3 Å². The number of carbonyl (C=O) groups is 1.